The zero-order valence-electron chi connectivity index (χ0n) is 8.39. The van der Waals surface area contributed by atoms with Crippen LogP contribution in [0.5, 0.6) is 11.6 Å². The quantitative estimate of drug-likeness (QED) is 0.799. The molecule has 0 atom stereocenters. The summed E-state index contributed by atoms with van der Waals surface area (Å²) >= 11 is 0. The smallest absolute Gasteiger partial charge is 0.257 e. The Morgan fingerprint density at radius 1 is 1.24 bits per heavy atom. The van der Waals surface area contributed by atoms with E-state index < -0.39 is 11.6 Å². The fraction of sp³-hybridized carbons (Fsp3) is 0. The molecule has 0 saturated carbocycles. The minimum atomic E-state index is -1.14. The lowest BCUT2D eigenvalue weighted by Gasteiger charge is -2.06. The molecule has 0 unspecified atom stereocenters. The van der Waals surface area contributed by atoms with Crippen LogP contribution in [-0.4, -0.2) is 10.2 Å². The van der Waals surface area contributed by atoms with Crippen molar-refractivity contribution in [3.05, 3.63) is 47.7 Å². The van der Waals surface area contributed by atoms with Gasteiger partial charge in [0.1, 0.15) is 11.6 Å². The van der Waals surface area contributed by atoms with Crippen LogP contribution in [0.3, 0.4) is 0 Å². The van der Waals surface area contributed by atoms with Gasteiger partial charge in [-0.3, -0.25) is 0 Å². The zero-order chi connectivity index (χ0) is 12.3. The first-order valence-electron chi connectivity index (χ1n) is 4.56. The lowest BCUT2D eigenvalue weighted by molar-refractivity contribution is 0.400. The highest BCUT2D eigenvalue weighted by Gasteiger charge is 2.12. The van der Waals surface area contributed by atoms with E-state index in [0.717, 1.165) is 6.07 Å². The van der Waals surface area contributed by atoms with Crippen molar-refractivity contribution in [3.8, 4) is 17.7 Å². The van der Waals surface area contributed by atoms with Crippen LogP contribution in [-0.2, 0) is 0 Å². The molecule has 0 spiro atoms. The molecule has 0 fully saturated rings. The molecule has 0 radical (unpaired) electrons. The van der Waals surface area contributed by atoms with Gasteiger partial charge in [0.05, 0.1) is 6.20 Å². The maximum Gasteiger partial charge on any atom is 0.257 e. The van der Waals surface area contributed by atoms with Crippen molar-refractivity contribution in [2.75, 3.05) is 0 Å². The van der Waals surface area contributed by atoms with Crippen LogP contribution in [0.2, 0.25) is 0 Å². The molecular formula is C11H5F2N3O. The molecular weight excluding hydrogens is 228 g/mol. The number of hydrogen-bond donors (Lipinski definition) is 0. The van der Waals surface area contributed by atoms with E-state index in [0.29, 0.717) is 0 Å². The van der Waals surface area contributed by atoms with Crippen LogP contribution in [0.1, 0.15) is 5.56 Å². The predicted molar refractivity (Wildman–Crippen MR) is 53.2 cm³/mol. The Hall–Kier alpha value is -2.55. The van der Waals surface area contributed by atoms with E-state index in [2.05, 4.69) is 10.2 Å². The average molecular weight is 233 g/mol. The zero-order valence-corrected chi connectivity index (χ0v) is 8.39. The van der Waals surface area contributed by atoms with Crippen LogP contribution in [0.15, 0.2) is 30.5 Å². The number of halogens is 2. The molecule has 6 heteroatoms. The van der Waals surface area contributed by atoms with E-state index in [1.54, 1.807) is 6.07 Å². The second kappa shape index (κ2) is 4.53. The minimum absolute atomic E-state index is 0.0867. The van der Waals surface area contributed by atoms with Crippen LogP contribution < -0.4 is 4.74 Å². The van der Waals surface area contributed by atoms with Crippen LogP contribution in [0, 0.1) is 23.0 Å². The van der Waals surface area contributed by atoms with Gasteiger partial charge in [0, 0.05) is 0 Å². The van der Waals surface area contributed by atoms with Gasteiger partial charge in [-0.05, 0) is 18.2 Å². The van der Waals surface area contributed by atoms with Gasteiger partial charge in [-0.1, -0.05) is 6.07 Å². The highest BCUT2D eigenvalue weighted by Crippen LogP contribution is 2.25. The number of hydrogen-bond acceptors (Lipinski definition) is 4. The normalized spacial score (nSPS) is 9.71. The predicted octanol–water partition coefficient (Wildman–Crippen LogP) is 2.42. The third-order valence-electron chi connectivity index (χ3n) is 1.93. The second-order valence-electron chi connectivity index (χ2n) is 3.02. The lowest BCUT2D eigenvalue weighted by Crippen LogP contribution is -1.96. The van der Waals surface area contributed by atoms with Crippen LogP contribution in [0.25, 0.3) is 0 Å². The number of benzene rings is 1. The summed E-state index contributed by atoms with van der Waals surface area (Å²) in [5.74, 6) is -2.69. The fourth-order valence-electron chi connectivity index (χ4n) is 1.15. The van der Waals surface area contributed by atoms with Crippen molar-refractivity contribution >= 4 is 0 Å². The van der Waals surface area contributed by atoms with Crippen molar-refractivity contribution in [2.24, 2.45) is 0 Å². The van der Waals surface area contributed by atoms with Gasteiger partial charge in [0.25, 0.3) is 5.88 Å². The molecule has 84 valence electrons. The molecule has 0 amide bonds. The maximum absolute atomic E-state index is 13.3. The minimum Gasteiger partial charge on any atom is -0.433 e. The number of nitriles is 1. The summed E-state index contributed by atoms with van der Waals surface area (Å²) in [4.78, 5) is 0. The number of rotatable bonds is 2. The highest BCUT2D eigenvalue weighted by atomic mass is 19.2. The van der Waals surface area contributed by atoms with E-state index in [1.807, 2.05) is 0 Å². The van der Waals surface area contributed by atoms with Crippen molar-refractivity contribution < 1.29 is 13.5 Å². The Morgan fingerprint density at radius 2 is 2.06 bits per heavy atom. The van der Waals surface area contributed by atoms with Crippen LogP contribution >= 0.6 is 0 Å². The Bertz CT molecular complexity index is 596. The van der Waals surface area contributed by atoms with E-state index in [-0.39, 0.29) is 17.2 Å². The molecule has 0 saturated heterocycles. The van der Waals surface area contributed by atoms with Gasteiger partial charge in [0.15, 0.2) is 11.6 Å². The average Bonchev–Trinajstić information content (AvgIpc) is 2.35. The van der Waals surface area contributed by atoms with E-state index >= 15 is 0 Å². The van der Waals surface area contributed by atoms with E-state index in [9.17, 15) is 8.78 Å². The van der Waals surface area contributed by atoms with Gasteiger partial charge in [-0.25, -0.2) is 4.39 Å². The summed E-state index contributed by atoms with van der Waals surface area (Å²) in [5, 5.41) is 15.8. The van der Waals surface area contributed by atoms with Gasteiger partial charge in [-0.2, -0.15) is 14.8 Å². The Balaban J connectivity index is 2.39. The standard InChI is InChI=1S/C11H5F2N3O/c12-8-2-1-3-9(10(8)13)17-11-7(6-14)4-5-15-16-11/h1-5H. The third kappa shape index (κ3) is 2.18. The summed E-state index contributed by atoms with van der Waals surface area (Å²) in [6.07, 6.45) is 1.30. The molecule has 0 aliphatic carbocycles. The first-order chi connectivity index (χ1) is 8.22. The molecule has 2 aromatic rings. The SMILES string of the molecule is N#Cc1ccnnc1Oc1cccc(F)c1F. The van der Waals surface area contributed by atoms with E-state index in [4.69, 9.17) is 10.00 Å². The molecule has 17 heavy (non-hydrogen) atoms. The summed E-state index contributed by atoms with van der Waals surface area (Å²) < 4.78 is 31.2. The topological polar surface area (TPSA) is 58.8 Å². The number of nitrogens with zero attached hydrogens (tertiary/aromatic N) is 3. The van der Waals surface area contributed by atoms with Gasteiger partial charge in [0.2, 0.25) is 5.82 Å². The summed E-state index contributed by atoms with van der Waals surface area (Å²) in [5.41, 5.74) is 0.0867. The molecule has 4 nitrogen and oxygen atoms in total. The van der Waals surface area contributed by atoms with Crippen LogP contribution in [0.4, 0.5) is 8.78 Å². The molecule has 0 aliphatic heterocycles. The van der Waals surface area contributed by atoms with Crippen molar-refractivity contribution in [3.63, 3.8) is 0 Å². The molecule has 0 aliphatic rings. The Labute approximate surface area is 95.1 Å². The van der Waals surface area contributed by atoms with Crippen molar-refractivity contribution in [1.29, 1.82) is 5.26 Å². The fourth-order valence-corrected chi connectivity index (χ4v) is 1.15. The summed E-state index contributed by atoms with van der Waals surface area (Å²) in [6.45, 7) is 0. The second-order valence-corrected chi connectivity index (χ2v) is 3.02. The molecule has 1 aromatic heterocycles. The lowest BCUT2D eigenvalue weighted by atomic mass is 10.3. The molecule has 0 bridgehead atoms. The first-order valence-corrected chi connectivity index (χ1v) is 4.56. The number of ether oxygens (including phenoxy) is 1. The number of aromatic nitrogens is 2. The monoisotopic (exact) mass is 233 g/mol. The van der Waals surface area contributed by atoms with Gasteiger partial charge < -0.3 is 4.74 Å². The molecule has 2 rings (SSSR count). The van der Waals surface area contributed by atoms with E-state index in [1.165, 1.54) is 24.4 Å². The van der Waals surface area contributed by atoms with Gasteiger partial charge in [-0.15, -0.1) is 5.10 Å². The third-order valence-corrected chi connectivity index (χ3v) is 1.93. The Kier molecular flexibility index (Phi) is 2.92. The largest absolute Gasteiger partial charge is 0.433 e. The first kappa shape index (κ1) is 11.0. The molecule has 1 heterocycles. The molecule has 0 N–H and O–H groups in total. The molecule has 1 aromatic carbocycles. The Morgan fingerprint density at radius 3 is 2.82 bits per heavy atom. The summed E-state index contributed by atoms with van der Waals surface area (Å²) in [7, 11) is 0. The summed E-state index contributed by atoms with van der Waals surface area (Å²) in [6, 6.07) is 6.65. The van der Waals surface area contributed by atoms with Gasteiger partial charge >= 0.3 is 0 Å². The maximum atomic E-state index is 13.3. The van der Waals surface area contributed by atoms with Crippen molar-refractivity contribution in [2.45, 2.75) is 0 Å². The van der Waals surface area contributed by atoms with Crippen molar-refractivity contribution in [1.82, 2.24) is 10.2 Å². The highest BCUT2D eigenvalue weighted by molar-refractivity contribution is 5.39.